The lowest BCUT2D eigenvalue weighted by molar-refractivity contribution is 0.116. The smallest absolute Gasteiger partial charge is 0.257 e. The molecule has 0 amide bonds. The lowest BCUT2D eigenvalue weighted by atomic mass is 10.1. The van der Waals surface area contributed by atoms with Crippen molar-refractivity contribution in [2.75, 3.05) is 0 Å². The van der Waals surface area contributed by atoms with Crippen LogP contribution >= 0.6 is 0 Å². The van der Waals surface area contributed by atoms with Crippen LogP contribution in [0.2, 0.25) is 0 Å². The van der Waals surface area contributed by atoms with E-state index >= 15 is 0 Å². The maximum atomic E-state index is 12.1. The van der Waals surface area contributed by atoms with E-state index in [1.54, 1.807) is 14.0 Å². The molecule has 0 fully saturated rings. The number of hydrogen-bond acceptors (Lipinski definition) is 2. The van der Waals surface area contributed by atoms with Crippen molar-refractivity contribution in [3.63, 3.8) is 0 Å². The summed E-state index contributed by atoms with van der Waals surface area (Å²) in [7, 11) is 1.68. The van der Waals surface area contributed by atoms with Gasteiger partial charge in [-0.2, -0.15) is 5.10 Å². The Hall–Kier alpha value is -0.970. The molecule has 0 aromatic carbocycles. The first-order valence-electron chi connectivity index (χ1n) is 3.56. The van der Waals surface area contributed by atoms with Crippen molar-refractivity contribution in [1.29, 1.82) is 0 Å². The quantitative estimate of drug-likeness (QED) is 0.728. The number of nitrogens with two attached hydrogens (primary N) is 1. The number of aryl methyl sites for hydroxylation is 2. The Balaban J connectivity index is 2.94. The van der Waals surface area contributed by atoms with Gasteiger partial charge in [-0.3, -0.25) is 4.68 Å². The zero-order chi connectivity index (χ0) is 9.30. The molecule has 0 aliphatic carbocycles. The van der Waals surface area contributed by atoms with Crippen LogP contribution in [-0.4, -0.2) is 16.2 Å². The number of alkyl halides is 2. The second-order valence-corrected chi connectivity index (χ2v) is 2.70. The molecule has 3 nitrogen and oxygen atoms in total. The number of nitrogens with zero attached hydrogens (tertiary/aromatic N) is 2. The lowest BCUT2D eigenvalue weighted by Crippen LogP contribution is -2.19. The lowest BCUT2D eigenvalue weighted by Gasteiger charge is -2.07. The fourth-order valence-electron chi connectivity index (χ4n) is 1.08. The minimum Gasteiger partial charge on any atom is -0.319 e. The topological polar surface area (TPSA) is 43.8 Å². The van der Waals surface area contributed by atoms with E-state index in [0.29, 0.717) is 11.3 Å². The van der Waals surface area contributed by atoms with Crippen molar-refractivity contribution in [3.8, 4) is 0 Å². The third-order valence-corrected chi connectivity index (χ3v) is 1.68. The van der Waals surface area contributed by atoms with E-state index in [1.165, 1.54) is 10.9 Å². The van der Waals surface area contributed by atoms with E-state index in [0.717, 1.165) is 0 Å². The van der Waals surface area contributed by atoms with Crippen LogP contribution in [0, 0.1) is 6.92 Å². The molecule has 0 aliphatic rings. The maximum absolute atomic E-state index is 12.1. The summed E-state index contributed by atoms with van der Waals surface area (Å²) in [5.74, 6) is 0. The molecule has 0 saturated heterocycles. The number of halogens is 2. The van der Waals surface area contributed by atoms with Crippen LogP contribution < -0.4 is 5.73 Å². The second kappa shape index (κ2) is 3.18. The van der Waals surface area contributed by atoms with Gasteiger partial charge in [0.2, 0.25) is 0 Å². The summed E-state index contributed by atoms with van der Waals surface area (Å²) in [4.78, 5) is 0. The average molecular weight is 175 g/mol. The Kier molecular flexibility index (Phi) is 2.42. The Morgan fingerprint density at radius 1 is 1.58 bits per heavy atom. The van der Waals surface area contributed by atoms with E-state index in [9.17, 15) is 8.78 Å². The minimum absolute atomic E-state index is 0.410. The van der Waals surface area contributed by atoms with E-state index in [1.807, 2.05) is 0 Å². The van der Waals surface area contributed by atoms with Gasteiger partial charge >= 0.3 is 0 Å². The van der Waals surface area contributed by atoms with E-state index in [4.69, 9.17) is 5.73 Å². The highest BCUT2D eigenvalue weighted by molar-refractivity contribution is 5.19. The van der Waals surface area contributed by atoms with Gasteiger partial charge in [-0.05, 0) is 6.92 Å². The van der Waals surface area contributed by atoms with Gasteiger partial charge in [0.15, 0.2) is 0 Å². The third-order valence-electron chi connectivity index (χ3n) is 1.68. The molecule has 12 heavy (non-hydrogen) atoms. The van der Waals surface area contributed by atoms with Crippen LogP contribution in [0.3, 0.4) is 0 Å². The van der Waals surface area contributed by atoms with E-state index < -0.39 is 12.5 Å². The molecule has 1 aromatic heterocycles. The molecule has 0 bridgehead atoms. The summed E-state index contributed by atoms with van der Waals surface area (Å²) >= 11 is 0. The molecule has 0 spiro atoms. The van der Waals surface area contributed by atoms with Gasteiger partial charge in [-0.25, -0.2) is 8.78 Å². The first kappa shape index (κ1) is 9.12. The molecule has 0 radical (unpaired) electrons. The molecule has 0 aliphatic heterocycles. The molecule has 2 N–H and O–H groups in total. The summed E-state index contributed by atoms with van der Waals surface area (Å²) in [5, 5.41) is 3.92. The largest absolute Gasteiger partial charge is 0.319 e. The first-order chi connectivity index (χ1) is 5.52. The minimum atomic E-state index is -2.53. The number of rotatable bonds is 2. The van der Waals surface area contributed by atoms with Crippen molar-refractivity contribution in [2.24, 2.45) is 12.8 Å². The standard InChI is InChI=1S/C7H11F2N3/c1-4-5(3-12(2)11-4)6(10)7(8)9/h3,6-7H,10H2,1-2H3. The molecule has 0 saturated carbocycles. The van der Waals surface area contributed by atoms with Gasteiger partial charge in [-0.15, -0.1) is 0 Å². The molecular formula is C7H11F2N3. The van der Waals surface area contributed by atoms with Gasteiger partial charge in [0.05, 0.1) is 11.7 Å². The first-order valence-corrected chi connectivity index (χ1v) is 3.56. The van der Waals surface area contributed by atoms with Gasteiger partial charge in [0.25, 0.3) is 6.43 Å². The maximum Gasteiger partial charge on any atom is 0.257 e. The van der Waals surface area contributed by atoms with E-state index in [2.05, 4.69) is 5.10 Å². The zero-order valence-corrected chi connectivity index (χ0v) is 6.96. The predicted molar refractivity (Wildman–Crippen MR) is 40.9 cm³/mol. The SMILES string of the molecule is Cc1nn(C)cc1C(N)C(F)F. The summed E-state index contributed by atoms with van der Waals surface area (Å²) in [6.07, 6.45) is -1.01. The fraction of sp³-hybridized carbons (Fsp3) is 0.571. The molecule has 68 valence electrons. The summed E-state index contributed by atoms with van der Waals surface area (Å²) in [6, 6.07) is -1.22. The summed E-state index contributed by atoms with van der Waals surface area (Å²) in [6.45, 7) is 1.66. The summed E-state index contributed by atoms with van der Waals surface area (Å²) < 4.78 is 25.8. The van der Waals surface area contributed by atoms with Crippen molar-refractivity contribution in [2.45, 2.75) is 19.4 Å². The molecule has 5 heteroatoms. The van der Waals surface area contributed by atoms with Crippen LogP contribution in [0.1, 0.15) is 17.3 Å². The predicted octanol–water partition coefficient (Wildman–Crippen LogP) is 0.993. The van der Waals surface area contributed by atoms with Gasteiger partial charge in [0, 0.05) is 18.8 Å². The molecule has 1 unspecified atom stereocenters. The number of hydrogen-bond donors (Lipinski definition) is 1. The molecule has 1 rings (SSSR count). The molecule has 1 atom stereocenters. The van der Waals surface area contributed by atoms with Crippen LogP contribution in [0.25, 0.3) is 0 Å². The van der Waals surface area contributed by atoms with Crippen molar-refractivity contribution in [1.82, 2.24) is 9.78 Å². The summed E-state index contributed by atoms with van der Waals surface area (Å²) in [5.41, 5.74) is 6.22. The van der Waals surface area contributed by atoms with Crippen LogP contribution in [0.4, 0.5) is 8.78 Å². The molecular weight excluding hydrogens is 164 g/mol. The van der Waals surface area contributed by atoms with Crippen LogP contribution in [-0.2, 0) is 7.05 Å². The zero-order valence-electron chi connectivity index (χ0n) is 6.96. The Morgan fingerprint density at radius 2 is 2.17 bits per heavy atom. The molecule has 1 heterocycles. The van der Waals surface area contributed by atoms with Gasteiger partial charge in [0.1, 0.15) is 0 Å². The highest BCUT2D eigenvalue weighted by atomic mass is 19.3. The van der Waals surface area contributed by atoms with Crippen molar-refractivity contribution < 1.29 is 8.78 Å². The van der Waals surface area contributed by atoms with Crippen molar-refractivity contribution in [3.05, 3.63) is 17.5 Å². The monoisotopic (exact) mass is 175 g/mol. The number of aromatic nitrogens is 2. The Bertz CT molecular complexity index is 270. The Labute approximate surface area is 69.2 Å². The third kappa shape index (κ3) is 1.61. The van der Waals surface area contributed by atoms with Gasteiger partial charge in [-0.1, -0.05) is 0 Å². The average Bonchev–Trinajstić information content (AvgIpc) is 2.28. The van der Waals surface area contributed by atoms with Crippen LogP contribution in [0.15, 0.2) is 6.20 Å². The van der Waals surface area contributed by atoms with Crippen LogP contribution in [0.5, 0.6) is 0 Å². The van der Waals surface area contributed by atoms with Gasteiger partial charge < -0.3 is 5.73 Å². The Morgan fingerprint density at radius 3 is 2.50 bits per heavy atom. The van der Waals surface area contributed by atoms with E-state index in [-0.39, 0.29) is 0 Å². The fourth-order valence-corrected chi connectivity index (χ4v) is 1.08. The highest BCUT2D eigenvalue weighted by Crippen LogP contribution is 2.19. The molecule has 1 aromatic rings. The normalized spacial score (nSPS) is 13.8. The van der Waals surface area contributed by atoms with Crippen molar-refractivity contribution >= 4 is 0 Å². The highest BCUT2D eigenvalue weighted by Gasteiger charge is 2.20. The second-order valence-electron chi connectivity index (χ2n) is 2.70.